The van der Waals surface area contributed by atoms with Crippen molar-refractivity contribution >= 4 is 23.6 Å². The molecule has 1 amide bonds. The Hall–Kier alpha value is -1.01. The average molecular weight is 243 g/mol. The number of thioether (sulfide) groups is 1. The van der Waals surface area contributed by atoms with Crippen molar-refractivity contribution in [3.05, 3.63) is 11.8 Å². The summed E-state index contributed by atoms with van der Waals surface area (Å²) in [6, 6.07) is 0. The van der Waals surface area contributed by atoms with Gasteiger partial charge in [-0.25, -0.2) is 0 Å². The molecule has 0 aliphatic carbocycles. The summed E-state index contributed by atoms with van der Waals surface area (Å²) in [4.78, 5) is 23.8. The summed E-state index contributed by atoms with van der Waals surface area (Å²) in [6.07, 6.45) is 1.44. The molecule has 0 spiro atoms. The van der Waals surface area contributed by atoms with E-state index in [0.29, 0.717) is 0 Å². The molecule has 0 N–H and O–H groups in total. The molecule has 0 aromatic heterocycles. The molecule has 1 unspecified atom stereocenters. The van der Waals surface area contributed by atoms with E-state index < -0.39 is 0 Å². The lowest BCUT2D eigenvalue weighted by molar-refractivity contribution is -0.156. The van der Waals surface area contributed by atoms with Gasteiger partial charge in [0.1, 0.15) is 12.0 Å². The molecule has 2 rings (SSSR count). The Balaban J connectivity index is 1.96. The third kappa shape index (κ3) is 1.94. The topological polar surface area (TPSA) is 55.8 Å². The summed E-state index contributed by atoms with van der Waals surface area (Å²) in [5.41, 5.74) is 0.944. The van der Waals surface area contributed by atoms with Gasteiger partial charge in [0, 0.05) is 26.0 Å². The first kappa shape index (κ1) is 11.5. The maximum Gasteiger partial charge on any atom is 0.302 e. The number of nitrogens with zero attached hydrogens (tertiary/aromatic N) is 1. The lowest BCUT2D eigenvalue weighted by Gasteiger charge is -2.46. The number of carbonyl (C=O) groups is 2. The molecule has 1 saturated heterocycles. The van der Waals surface area contributed by atoms with Crippen LogP contribution in [0.5, 0.6) is 0 Å². The maximum absolute atomic E-state index is 11.5. The fourth-order valence-corrected chi connectivity index (χ4v) is 2.95. The Kier molecular flexibility index (Phi) is 3.20. The normalized spacial score (nSPS) is 28.0. The fraction of sp³-hybridized carbons (Fsp3) is 0.600. The number of rotatable bonds is 3. The van der Waals surface area contributed by atoms with Crippen molar-refractivity contribution in [3.63, 3.8) is 0 Å². The minimum absolute atomic E-state index is 0.0278. The highest BCUT2D eigenvalue weighted by Crippen LogP contribution is 2.37. The number of fused-ring (bicyclic) bond motifs is 1. The van der Waals surface area contributed by atoms with E-state index in [-0.39, 0.29) is 30.0 Å². The molecule has 0 aromatic carbocycles. The summed E-state index contributed by atoms with van der Waals surface area (Å²) in [5, 5.41) is 0.0820. The second-order valence-electron chi connectivity index (χ2n) is 3.67. The molecule has 6 heteroatoms. The number of methoxy groups -OCH3 is 1. The molecule has 2 aliphatic heterocycles. The molecule has 5 nitrogen and oxygen atoms in total. The summed E-state index contributed by atoms with van der Waals surface area (Å²) < 4.78 is 9.96. The number of ether oxygens (including phenoxy) is 2. The van der Waals surface area contributed by atoms with E-state index in [9.17, 15) is 9.59 Å². The van der Waals surface area contributed by atoms with E-state index in [1.54, 1.807) is 30.0 Å². The van der Waals surface area contributed by atoms with Gasteiger partial charge in [-0.1, -0.05) is 0 Å². The lowest BCUT2D eigenvalue weighted by atomic mass is 10.1. The first-order valence-corrected chi connectivity index (χ1v) is 5.98. The first-order chi connectivity index (χ1) is 7.63. The number of hydrogen-bond donors (Lipinski definition) is 0. The van der Waals surface area contributed by atoms with E-state index in [1.807, 2.05) is 0 Å². The highest BCUT2D eigenvalue weighted by Gasteiger charge is 2.48. The molecule has 0 aromatic rings. The van der Waals surface area contributed by atoms with Crippen molar-refractivity contribution in [1.29, 1.82) is 0 Å². The van der Waals surface area contributed by atoms with Crippen molar-refractivity contribution in [2.45, 2.75) is 18.4 Å². The van der Waals surface area contributed by atoms with Gasteiger partial charge in [0.25, 0.3) is 5.91 Å². The zero-order valence-electron chi connectivity index (χ0n) is 9.13. The SMILES string of the molecule is CO[C@H]1C(=O)N2C=C(COC(C)=O)CSC12. The van der Waals surface area contributed by atoms with Gasteiger partial charge in [-0.05, 0) is 5.57 Å². The first-order valence-electron chi connectivity index (χ1n) is 4.93. The van der Waals surface area contributed by atoms with Gasteiger partial charge in [-0.2, -0.15) is 0 Å². The number of esters is 1. The van der Waals surface area contributed by atoms with E-state index in [0.717, 1.165) is 11.3 Å². The van der Waals surface area contributed by atoms with Crippen LogP contribution in [0.2, 0.25) is 0 Å². The van der Waals surface area contributed by atoms with Gasteiger partial charge in [0.05, 0.1) is 0 Å². The van der Waals surface area contributed by atoms with Crippen LogP contribution < -0.4 is 0 Å². The summed E-state index contributed by atoms with van der Waals surface area (Å²) in [7, 11) is 1.54. The van der Waals surface area contributed by atoms with Gasteiger partial charge < -0.3 is 14.4 Å². The van der Waals surface area contributed by atoms with Crippen molar-refractivity contribution in [3.8, 4) is 0 Å². The molecule has 0 bridgehead atoms. The smallest absolute Gasteiger partial charge is 0.302 e. The Bertz CT molecular complexity index is 355. The van der Waals surface area contributed by atoms with Crippen LogP contribution in [-0.2, 0) is 19.1 Å². The molecule has 88 valence electrons. The van der Waals surface area contributed by atoms with Crippen molar-refractivity contribution in [2.75, 3.05) is 19.5 Å². The van der Waals surface area contributed by atoms with Crippen molar-refractivity contribution in [2.24, 2.45) is 0 Å². The van der Waals surface area contributed by atoms with E-state index in [1.165, 1.54) is 6.92 Å². The predicted molar refractivity (Wildman–Crippen MR) is 58.6 cm³/mol. The van der Waals surface area contributed by atoms with Gasteiger partial charge >= 0.3 is 5.97 Å². The number of hydrogen-bond acceptors (Lipinski definition) is 5. The molecule has 2 aliphatic rings. The second-order valence-corrected chi connectivity index (χ2v) is 4.78. The van der Waals surface area contributed by atoms with Crippen LogP contribution in [0.15, 0.2) is 11.8 Å². The highest BCUT2D eigenvalue weighted by molar-refractivity contribution is 8.00. The van der Waals surface area contributed by atoms with E-state index in [4.69, 9.17) is 9.47 Å². The largest absolute Gasteiger partial charge is 0.461 e. The van der Waals surface area contributed by atoms with Gasteiger partial charge in [-0.15, -0.1) is 11.8 Å². The molecule has 16 heavy (non-hydrogen) atoms. The van der Waals surface area contributed by atoms with Crippen LogP contribution in [0.3, 0.4) is 0 Å². The monoisotopic (exact) mass is 243 g/mol. The predicted octanol–water partition coefficient (Wildman–Crippen LogP) is 0.364. The summed E-state index contributed by atoms with van der Waals surface area (Å²) in [6.45, 7) is 1.63. The van der Waals surface area contributed by atoms with Crippen LogP contribution in [0, 0.1) is 0 Å². The number of amides is 1. The third-order valence-electron chi connectivity index (χ3n) is 2.51. The Morgan fingerprint density at radius 1 is 1.69 bits per heavy atom. The number of carbonyl (C=O) groups excluding carboxylic acids is 2. The quantitative estimate of drug-likeness (QED) is 0.529. The van der Waals surface area contributed by atoms with Crippen LogP contribution in [0.4, 0.5) is 0 Å². The minimum atomic E-state index is -0.323. The van der Waals surface area contributed by atoms with Crippen LogP contribution in [0.25, 0.3) is 0 Å². The van der Waals surface area contributed by atoms with Crippen molar-refractivity contribution < 1.29 is 19.1 Å². The average Bonchev–Trinajstić information content (AvgIpc) is 2.27. The summed E-state index contributed by atoms with van der Waals surface area (Å²) in [5.74, 6) is 0.430. The fourth-order valence-electron chi connectivity index (χ4n) is 1.68. The third-order valence-corrected chi connectivity index (χ3v) is 3.86. The van der Waals surface area contributed by atoms with Gasteiger partial charge in [0.15, 0.2) is 6.10 Å². The lowest BCUT2D eigenvalue weighted by Crippen LogP contribution is -2.62. The second kappa shape index (κ2) is 4.47. The minimum Gasteiger partial charge on any atom is -0.461 e. The highest BCUT2D eigenvalue weighted by atomic mass is 32.2. The molecule has 0 saturated carbocycles. The number of β-lactam (4-membered cyclic amide) rings is 1. The molecule has 1 fully saturated rings. The van der Waals surface area contributed by atoms with Gasteiger partial charge in [-0.3, -0.25) is 9.59 Å². The Labute approximate surface area is 97.8 Å². The van der Waals surface area contributed by atoms with E-state index >= 15 is 0 Å². The molecular weight excluding hydrogens is 230 g/mol. The Morgan fingerprint density at radius 2 is 2.44 bits per heavy atom. The molecule has 2 heterocycles. The van der Waals surface area contributed by atoms with E-state index in [2.05, 4.69) is 0 Å². The standard InChI is InChI=1S/C10H13NO4S/c1-6(12)15-4-7-3-11-9(13)8(14-2)10(11)16-5-7/h3,8,10H,4-5H2,1-2H3/t8-,10?/m0/s1. The molecule has 2 atom stereocenters. The zero-order valence-corrected chi connectivity index (χ0v) is 9.95. The summed E-state index contributed by atoms with van der Waals surface area (Å²) >= 11 is 1.63. The van der Waals surface area contributed by atoms with Crippen LogP contribution in [0.1, 0.15) is 6.92 Å². The maximum atomic E-state index is 11.5. The Morgan fingerprint density at radius 3 is 3.06 bits per heavy atom. The molecule has 0 radical (unpaired) electrons. The molecular formula is C10H13NO4S. The van der Waals surface area contributed by atoms with Crippen molar-refractivity contribution in [1.82, 2.24) is 4.90 Å². The van der Waals surface area contributed by atoms with Gasteiger partial charge in [0.2, 0.25) is 0 Å². The van der Waals surface area contributed by atoms with Crippen LogP contribution in [-0.4, -0.2) is 47.7 Å². The zero-order chi connectivity index (χ0) is 11.7. The van der Waals surface area contributed by atoms with Crippen LogP contribution >= 0.6 is 11.8 Å².